The molecule has 0 bridgehead atoms. The van der Waals surface area contributed by atoms with Gasteiger partial charge in [0.15, 0.2) is 5.60 Å². The summed E-state index contributed by atoms with van der Waals surface area (Å²) in [5.41, 5.74) is 2.85. The molecule has 0 aliphatic carbocycles. The Bertz CT molecular complexity index is 1150. The van der Waals surface area contributed by atoms with E-state index in [-0.39, 0.29) is 5.82 Å². The summed E-state index contributed by atoms with van der Waals surface area (Å²) >= 11 is 0. The summed E-state index contributed by atoms with van der Waals surface area (Å²) in [5.74, 6) is -1.000. The van der Waals surface area contributed by atoms with Crippen LogP contribution in [0, 0.1) is 5.82 Å². The van der Waals surface area contributed by atoms with Crippen LogP contribution in [0.25, 0.3) is 5.69 Å². The van der Waals surface area contributed by atoms with E-state index < -0.39 is 11.5 Å². The van der Waals surface area contributed by atoms with E-state index in [1.54, 1.807) is 77.5 Å². The van der Waals surface area contributed by atoms with Crippen molar-refractivity contribution in [3.8, 4) is 5.69 Å². The number of benzene rings is 3. The first kappa shape index (κ1) is 20.3. The maximum atomic E-state index is 13.2. The van der Waals surface area contributed by atoms with Gasteiger partial charge < -0.3 is 9.67 Å². The molecule has 4 aromatic rings. The minimum atomic E-state index is -1.90. The summed E-state index contributed by atoms with van der Waals surface area (Å²) in [7, 11) is 0. The second kappa shape index (κ2) is 8.77. The van der Waals surface area contributed by atoms with Crippen LogP contribution >= 0.6 is 0 Å². The average Bonchev–Trinajstić information content (AvgIpc) is 3.28. The molecule has 2 N–H and O–H groups in total. The Morgan fingerprint density at radius 2 is 1.45 bits per heavy atom. The summed E-state index contributed by atoms with van der Waals surface area (Å²) in [5, 5.41) is 15.5. The highest BCUT2D eigenvalue weighted by Crippen LogP contribution is 2.29. The smallest absolute Gasteiger partial charge is 0.281 e. The van der Waals surface area contributed by atoms with Crippen molar-refractivity contribution in [2.75, 3.05) is 0 Å². The Morgan fingerprint density at radius 1 is 0.871 bits per heavy atom. The fourth-order valence-corrected chi connectivity index (χ4v) is 3.36. The van der Waals surface area contributed by atoms with E-state index in [9.17, 15) is 14.3 Å². The summed E-state index contributed by atoms with van der Waals surface area (Å²) in [4.78, 5) is 13.1. The number of hydrazone groups is 1. The average molecular weight is 413 g/mol. The highest BCUT2D eigenvalue weighted by Gasteiger charge is 2.39. The zero-order valence-corrected chi connectivity index (χ0v) is 16.5. The van der Waals surface area contributed by atoms with Gasteiger partial charge in [-0.1, -0.05) is 60.7 Å². The number of carbonyl (C=O) groups is 1. The molecule has 31 heavy (non-hydrogen) atoms. The molecule has 154 valence electrons. The van der Waals surface area contributed by atoms with Gasteiger partial charge in [0.25, 0.3) is 5.91 Å². The van der Waals surface area contributed by atoms with Gasteiger partial charge in [0.05, 0.1) is 11.9 Å². The van der Waals surface area contributed by atoms with E-state index in [2.05, 4.69) is 10.5 Å². The molecular weight excluding hydrogens is 393 g/mol. The van der Waals surface area contributed by atoms with Crippen LogP contribution in [0.15, 0.2) is 108 Å². The third-order valence-corrected chi connectivity index (χ3v) is 4.96. The van der Waals surface area contributed by atoms with Gasteiger partial charge in [0.2, 0.25) is 0 Å². The highest BCUT2D eigenvalue weighted by atomic mass is 19.1. The van der Waals surface area contributed by atoms with Crippen LogP contribution in [0.3, 0.4) is 0 Å². The monoisotopic (exact) mass is 413 g/mol. The number of halogens is 1. The molecule has 0 fully saturated rings. The van der Waals surface area contributed by atoms with Crippen molar-refractivity contribution in [1.82, 2.24) is 9.99 Å². The van der Waals surface area contributed by atoms with Crippen LogP contribution < -0.4 is 5.43 Å². The van der Waals surface area contributed by atoms with Gasteiger partial charge in [0.1, 0.15) is 5.82 Å². The first-order valence-corrected chi connectivity index (χ1v) is 9.69. The van der Waals surface area contributed by atoms with E-state index in [1.807, 2.05) is 18.2 Å². The molecule has 0 saturated heterocycles. The maximum absolute atomic E-state index is 13.2. The molecule has 4 rings (SSSR count). The van der Waals surface area contributed by atoms with Crippen molar-refractivity contribution in [3.63, 3.8) is 0 Å². The summed E-state index contributed by atoms with van der Waals surface area (Å²) in [6.07, 6.45) is 3.28. The Kier molecular flexibility index (Phi) is 5.73. The Labute approximate surface area is 179 Å². The van der Waals surface area contributed by atoms with Crippen molar-refractivity contribution >= 4 is 12.1 Å². The molecular formula is C25H20FN3O2. The van der Waals surface area contributed by atoms with Gasteiger partial charge in [0, 0.05) is 11.9 Å². The maximum Gasteiger partial charge on any atom is 0.281 e. The molecule has 0 radical (unpaired) electrons. The minimum Gasteiger partial charge on any atom is -0.372 e. The molecule has 0 unspecified atom stereocenters. The van der Waals surface area contributed by atoms with E-state index in [1.165, 1.54) is 18.3 Å². The van der Waals surface area contributed by atoms with Gasteiger partial charge >= 0.3 is 0 Å². The van der Waals surface area contributed by atoms with Crippen molar-refractivity contribution in [2.45, 2.75) is 5.60 Å². The number of hydrogen-bond donors (Lipinski definition) is 2. The van der Waals surface area contributed by atoms with Crippen molar-refractivity contribution in [3.05, 3.63) is 126 Å². The summed E-state index contributed by atoms with van der Waals surface area (Å²) in [6, 6.07) is 27.1. The van der Waals surface area contributed by atoms with Crippen LogP contribution in [0.5, 0.6) is 0 Å². The third-order valence-electron chi connectivity index (χ3n) is 4.96. The highest BCUT2D eigenvalue weighted by molar-refractivity contribution is 5.91. The number of nitrogens with zero attached hydrogens (tertiary/aromatic N) is 2. The zero-order valence-electron chi connectivity index (χ0n) is 16.5. The predicted molar refractivity (Wildman–Crippen MR) is 117 cm³/mol. The van der Waals surface area contributed by atoms with Crippen LogP contribution in [-0.4, -0.2) is 21.8 Å². The van der Waals surface area contributed by atoms with Crippen molar-refractivity contribution in [2.24, 2.45) is 5.10 Å². The van der Waals surface area contributed by atoms with E-state index in [0.29, 0.717) is 16.8 Å². The quantitative estimate of drug-likeness (QED) is 0.371. The lowest BCUT2D eigenvalue weighted by atomic mass is 9.85. The number of rotatable bonds is 6. The van der Waals surface area contributed by atoms with E-state index >= 15 is 0 Å². The second-order valence-corrected chi connectivity index (χ2v) is 6.92. The first-order valence-electron chi connectivity index (χ1n) is 9.69. The molecule has 1 heterocycles. The van der Waals surface area contributed by atoms with Crippen molar-refractivity contribution in [1.29, 1.82) is 0 Å². The lowest BCUT2D eigenvalue weighted by Crippen LogP contribution is -2.43. The lowest BCUT2D eigenvalue weighted by Gasteiger charge is -2.27. The SMILES string of the molecule is O=C(NN=Cc1cccn1-c1ccc(F)cc1)C(O)(c1ccccc1)c1ccccc1. The number of amides is 1. The summed E-state index contributed by atoms with van der Waals surface area (Å²) < 4.78 is 15.0. The molecule has 0 aliphatic heterocycles. The molecule has 1 amide bonds. The largest absolute Gasteiger partial charge is 0.372 e. The molecule has 1 aromatic heterocycles. The molecule has 0 atom stereocenters. The van der Waals surface area contributed by atoms with Crippen LogP contribution in [0.1, 0.15) is 16.8 Å². The number of aliphatic hydroxyl groups is 1. The van der Waals surface area contributed by atoms with Gasteiger partial charge in [-0.2, -0.15) is 5.10 Å². The number of carbonyl (C=O) groups excluding carboxylic acids is 1. The van der Waals surface area contributed by atoms with Gasteiger partial charge in [-0.15, -0.1) is 0 Å². The number of hydrogen-bond acceptors (Lipinski definition) is 3. The van der Waals surface area contributed by atoms with Gasteiger partial charge in [-0.25, -0.2) is 9.82 Å². The number of aromatic nitrogens is 1. The predicted octanol–water partition coefficient (Wildman–Crippen LogP) is 4.00. The molecule has 5 nitrogen and oxygen atoms in total. The molecule has 0 aliphatic rings. The first-order chi connectivity index (χ1) is 15.1. The topological polar surface area (TPSA) is 66.6 Å². The van der Waals surface area contributed by atoms with Gasteiger partial charge in [-0.05, 0) is 47.5 Å². The fourth-order valence-electron chi connectivity index (χ4n) is 3.36. The molecule has 0 saturated carbocycles. The van der Waals surface area contributed by atoms with Crippen LogP contribution in [-0.2, 0) is 10.4 Å². The molecule has 3 aromatic carbocycles. The lowest BCUT2D eigenvalue weighted by molar-refractivity contribution is -0.136. The Hall–Kier alpha value is -4.03. The van der Waals surface area contributed by atoms with Crippen LogP contribution in [0.4, 0.5) is 4.39 Å². The third kappa shape index (κ3) is 4.15. The van der Waals surface area contributed by atoms with Gasteiger partial charge in [-0.3, -0.25) is 4.79 Å². The van der Waals surface area contributed by atoms with E-state index in [0.717, 1.165) is 5.69 Å². The Balaban J connectivity index is 1.59. The zero-order chi connectivity index (χ0) is 21.7. The van der Waals surface area contributed by atoms with Crippen LogP contribution in [0.2, 0.25) is 0 Å². The number of nitrogens with one attached hydrogen (secondary N) is 1. The molecule has 0 spiro atoms. The second-order valence-electron chi connectivity index (χ2n) is 6.92. The minimum absolute atomic E-state index is 0.320. The fraction of sp³-hybridized carbons (Fsp3) is 0.0400. The summed E-state index contributed by atoms with van der Waals surface area (Å²) in [6.45, 7) is 0. The normalized spacial score (nSPS) is 11.5. The van der Waals surface area contributed by atoms with E-state index in [4.69, 9.17) is 0 Å². The molecule has 6 heteroatoms. The van der Waals surface area contributed by atoms with Crippen molar-refractivity contribution < 1.29 is 14.3 Å². The standard InChI is InChI=1S/C25H20FN3O2/c26-21-13-15-22(16-14-21)29-17-7-12-23(29)18-27-28-24(30)25(31,19-8-3-1-4-9-19)20-10-5-2-6-11-20/h1-18,31H,(H,28,30). The Morgan fingerprint density at radius 3 is 2.03 bits per heavy atom.